The molecule has 0 heterocycles. The van der Waals surface area contributed by atoms with Crippen LogP contribution < -0.4 is 10.1 Å². The Balaban J connectivity index is 1.99. The highest BCUT2D eigenvalue weighted by Gasteiger charge is 2.17. The maximum atomic E-state index is 12.5. The molecule has 1 unspecified atom stereocenters. The quantitative estimate of drug-likeness (QED) is 0.734. The Bertz CT molecular complexity index is 838. The second-order valence-corrected chi connectivity index (χ2v) is 8.26. The Labute approximate surface area is 174 Å². The number of carbonyl (C=O) groups is 2. The number of carbonyl (C=O) groups excluding carboxylic acids is 2. The summed E-state index contributed by atoms with van der Waals surface area (Å²) in [5.41, 5.74) is 2.93. The summed E-state index contributed by atoms with van der Waals surface area (Å²) >= 11 is 0. The van der Waals surface area contributed by atoms with Gasteiger partial charge in [-0.15, -0.1) is 0 Å². The maximum Gasteiger partial charge on any atom is 0.265 e. The molecule has 0 fully saturated rings. The van der Waals surface area contributed by atoms with Crippen molar-refractivity contribution in [3.05, 3.63) is 59.7 Å². The first-order valence-electron chi connectivity index (χ1n) is 10.0. The topological polar surface area (TPSA) is 58.6 Å². The van der Waals surface area contributed by atoms with Crippen LogP contribution in [0, 0.1) is 0 Å². The monoisotopic (exact) mass is 396 g/mol. The zero-order valence-corrected chi connectivity index (χ0v) is 18.3. The van der Waals surface area contributed by atoms with E-state index in [9.17, 15) is 9.59 Å². The number of ether oxygens (including phenoxy) is 1. The van der Waals surface area contributed by atoms with Gasteiger partial charge in [0.25, 0.3) is 5.91 Å². The van der Waals surface area contributed by atoms with E-state index in [2.05, 4.69) is 26.1 Å². The second-order valence-electron chi connectivity index (χ2n) is 8.26. The smallest absolute Gasteiger partial charge is 0.265 e. The molecule has 2 amide bonds. The van der Waals surface area contributed by atoms with Crippen molar-refractivity contribution >= 4 is 17.5 Å². The number of anilines is 1. The molecule has 0 aromatic heterocycles. The van der Waals surface area contributed by atoms with Crippen molar-refractivity contribution in [2.75, 3.05) is 11.9 Å². The van der Waals surface area contributed by atoms with Gasteiger partial charge in [0, 0.05) is 25.7 Å². The Morgan fingerprint density at radius 2 is 1.76 bits per heavy atom. The molecule has 0 aliphatic heterocycles. The Morgan fingerprint density at radius 3 is 2.31 bits per heavy atom. The molecule has 29 heavy (non-hydrogen) atoms. The van der Waals surface area contributed by atoms with Crippen molar-refractivity contribution < 1.29 is 14.3 Å². The highest BCUT2D eigenvalue weighted by atomic mass is 16.5. The summed E-state index contributed by atoms with van der Waals surface area (Å²) in [4.78, 5) is 25.9. The van der Waals surface area contributed by atoms with Crippen molar-refractivity contribution in [3.8, 4) is 5.75 Å². The summed E-state index contributed by atoms with van der Waals surface area (Å²) in [6.45, 7) is 12.9. The molecular weight excluding hydrogens is 364 g/mol. The Morgan fingerprint density at radius 1 is 1.10 bits per heavy atom. The van der Waals surface area contributed by atoms with Gasteiger partial charge in [-0.25, -0.2) is 0 Å². The standard InChI is InChI=1S/C24H32N2O3/c1-7-26(18(3)27)16-19-9-8-10-21(15-19)25-23(28)17(2)29-22-13-11-20(12-14-22)24(4,5)6/h8-15,17H,7,16H2,1-6H3,(H,25,28). The van der Waals surface area contributed by atoms with E-state index >= 15 is 0 Å². The lowest BCUT2D eigenvalue weighted by Crippen LogP contribution is -2.30. The lowest BCUT2D eigenvalue weighted by atomic mass is 9.87. The molecule has 0 radical (unpaired) electrons. The fourth-order valence-electron chi connectivity index (χ4n) is 2.95. The van der Waals surface area contributed by atoms with Crippen LogP contribution in [0.3, 0.4) is 0 Å². The molecule has 0 aliphatic rings. The fourth-order valence-corrected chi connectivity index (χ4v) is 2.95. The van der Waals surface area contributed by atoms with E-state index in [1.165, 1.54) is 5.56 Å². The molecule has 2 aromatic carbocycles. The summed E-state index contributed by atoms with van der Waals surface area (Å²) in [6, 6.07) is 15.4. The van der Waals surface area contributed by atoms with Crippen LogP contribution >= 0.6 is 0 Å². The summed E-state index contributed by atoms with van der Waals surface area (Å²) in [5.74, 6) is 0.469. The number of nitrogens with one attached hydrogen (secondary N) is 1. The van der Waals surface area contributed by atoms with Gasteiger partial charge in [-0.1, -0.05) is 45.0 Å². The zero-order chi connectivity index (χ0) is 21.6. The summed E-state index contributed by atoms with van der Waals surface area (Å²) in [5, 5.41) is 2.89. The molecule has 5 heteroatoms. The SMILES string of the molecule is CCN(Cc1cccc(NC(=O)C(C)Oc2ccc(C(C)(C)C)cc2)c1)C(C)=O. The van der Waals surface area contributed by atoms with Gasteiger partial charge in [0.05, 0.1) is 0 Å². The largest absolute Gasteiger partial charge is 0.481 e. The van der Waals surface area contributed by atoms with Gasteiger partial charge in [-0.3, -0.25) is 9.59 Å². The molecule has 156 valence electrons. The van der Waals surface area contributed by atoms with Crippen molar-refractivity contribution in [1.29, 1.82) is 0 Å². The van der Waals surface area contributed by atoms with Crippen LogP contribution in [0.25, 0.3) is 0 Å². The van der Waals surface area contributed by atoms with Crippen molar-refractivity contribution in [2.45, 2.75) is 59.6 Å². The number of rotatable bonds is 7. The van der Waals surface area contributed by atoms with Crippen LogP contribution in [0.15, 0.2) is 48.5 Å². The lowest BCUT2D eigenvalue weighted by Gasteiger charge is -2.20. The van der Waals surface area contributed by atoms with Crippen LogP contribution in [-0.2, 0) is 21.5 Å². The predicted octanol–water partition coefficient (Wildman–Crippen LogP) is 4.76. The first-order valence-corrected chi connectivity index (χ1v) is 10.0. The first-order chi connectivity index (χ1) is 13.6. The van der Waals surface area contributed by atoms with E-state index in [0.717, 1.165) is 5.56 Å². The molecule has 2 aromatic rings. The minimum absolute atomic E-state index is 0.0291. The van der Waals surface area contributed by atoms with E-state index in [-0.39, 0.29) is 17.2 Å². The highest BCUT2D eigenvalue weighted by Crippen LogP contribution is 2.24. The normalized spacial score (nSPS) is 12.2. The van der Waals surface area contributed by atoms with E-state index < -0.39 is 6.10 Å². The molecule has 1 atom stereocenters. The van der Waals surface area contributed by atoms with Crippen molar-refractivity contribution in [2.24, 2.45) is 0 Å². The van der Waals surface area contributed by atoms with Crippen LogP contribution in [0.2, 0.25) is 0 Å². The number of nitrogens with zero attached hydrogens (tertiary/aromatic N) is 1. The molecule has 5 nitrogen and oxygen atoms in total. The van der Waals surface area contributed by atoms with E-state index in [4.69, 9.17) is 4.74 Å². The Kier molecular flexibility index (Phi) is 7.43. The number of benzene rings is 2. The van der Waals surface area contributed by atoms with Crippen LogP contribution in [0.4, 0.5) is 5.69 Å². The van der Waals surface area contributed by atoms with E-state index in [1.807, 2.05) is 55.5 Å². The van der Waals surface area contributed by atoms with Crippen LogP contribution in [-0.4, -0.2) is 29.4 Å². The van der Waals surface area contributed by atoms with E-state index in [0.29, 0.717) is 24.5 Å². The summed E-state index contributed by atoms with van der Waals surface area (Å²) in [7, 11) is 0. The highest BCUT2D eigenvalue weighted by molar-refractivity contribution is 5.94. The number of hydrogen-bond donors (Lipinski definition) is 1. The van der Waals surface area contributed by atoms with E-state index in [1.54, 1.807) is 18.7 Å². The van der Waals surface area contributed by atoms with Crippen molar-refractivity contribution in [1.82, 2.24) is 4.90 Å². The van der Waals surface area contributed by atoms with Crippen LogP contribution in [0.5, 0.6) is 5.75 Å². The van der Waals surface area contributed by atoms with Gasteiger partial charge in [-0.2, -0.15) is 0 Å². The van der Waals surface area contributed by atoms with Gasteiger partial charge in [0.15, 0.2) is 6.10 Å². The molecule has 0 saturated carbocycles. The molecular formula is C24H32N2O3. The minimum atomic E-state index is -0.636. The molecule has 1 N–H and O–H groups in total. The minimum Gasteiger partial charge on any atom is -0.481 e. The molecule has 0 saturated heterocycles. The molecule has 0 aliphatic carbocycles. The van der Waals surface area contributed by atoms with Crippen LogP contribution in [0.1, 0.15) is 52.7 Å². The fraction of sp³-hybridized carbons (Fsp3) is 0.417. The molecule has 0 bridgehead atoms. The second kappa shape index (κ2) is 9.59. The average molecular weight is 397 g/mol. The third kappa shape index (κ3) is 6.63. The van der Waals surface area contributed by atoms with Gasteiger partial charge in [-0.05, 0) is 54.7 Å². The number of amides is 2. The average Bonchev–Trinajstić information content (AvgIpc) is 2.65. The third-order valence-corrected chi connectivity index (χ3v) is 4.80. The third-order valence-electron chi connectivity index (χ3n) is 4.80. The zero-order valence-electron chi connectivity index (χ0n) is 18.3. The number of hydrogen-bond acceptors (Lipinski definition) is 3. The summed E-state index contributed by atoms with van der Waals surface area (Å²) < 4.78 is 5.79. The Hall–Kier alpha value is -2.82. The molecule has 0 spiro atoms. The lowest BCUT2D eigenvalue weighted by molar-refractivity contribution is -0.129. The predicted molar refractivity (Wildman–Crippen MR) is 117 cm³/mol. The van der Waals surface area contributed by atoms with Gasteiger partial charge in [0.1, 0.15) is 5.75 Å². The van der Waals surface area contributed by atoms with Gasteiger partial charge < -0.3 is 15.0 Å². The van der Waals surface area contributed by atoms with Gasteiger partial charge >= 0.3 is 0 Å². The van der Waals surface area contributed by atoms with Gasteiger partial charge in [0.2, 0.25) is 5.91 Å². The van der Waals surface area contributed by atoms with Crippen molar-refractivity contribution in [3.63, 3.8) is 0 Å². The maximum absolute atomic E-state index is 12.5. The summed E-state index contributed by atoms with van der Waals surface area (Å²) in [6.07, 6.45) is -0.636. The first kappa shape index (κ1) is 22.5. The molecule has 2 rings (SSSR count).